The second-order valence-corrected chi connectivity index (χ2v) is 5.15. The Bertz CT molecular complexity index is 437. The van der Waals surface area contributed by atoms with Crippen molar-refractivity contribution in [2.75, 3.05) is 38.3 Å². The van der Waals surface area contributed by atoms with Crippen LogP contribution in [0.3, 0.4) is 0 Å². The molecule has 1 N–H and O–H groups in total. The van der Waals surface area contributed by atoms with Gasteiger partial charge in [0.25, 0.3) is 0 Å². The molecule has 0 saturated heterocycles. The van der Waals surface area contributed by atoms with E-state index in [1.165, 1.54) is 5.56 Å². The Morgan fingerprint density at radius 3 is 3.17 bits per heavy atom. The lowest BCUT2D eigenvalue weighted by Crippen LogP contribution is -2.38. The number of benzene rings is 1. The molecule has 1 amide bonds. The number of nitrogens with zero attached hydrogens (tertiary/aromatic N) is 1. The molecule has 0 aliphatic carbocycles. The van der Waals surface area contributed by atoms with Crippen LogP contribution in [0.4, 0.5) is 5.69 Å². The van der Waals surface area contributed by atoms with Crippen molar-refractivity contribution in [2.24, 2.45) is 0 Å². The van der Waals surface area contributed by atoms with Crippen LogP contribution in [0.25, 0.3) is 0 Å². The molecule has 0 unspecified atom stereocenters. The average Bonchev–Trinajstić information content (AvgIpc) is 2.77. The summed E-state index contributed by atoms with van der Waals surface area (Å²) >= 11 is 3.45. The van der Waals surface area contributed by atoms with Gasteiger partial charge in [0.05, 0.1) is 13.2 Å². The van der Waals surface area contributed by atoms with E-state index in [4.69, 9.17) is 4.74 Å². The summed E-state index contributed by atoms with van der Waals surface area (Å²) in [6.45, 7) is 2.45. The zero-order valence-corrected chi connectivity index (χ0v) is 12.0. The first-order valence-electron chi connectivity index (χ1n) is 6.01. The average molecular weight is 313 g/mol. The van der Waals surface area contributed by atoms with E-state index in [2.05, 4.69) is 27.3 Å². The number of ether oxygens (including phenoxy) is 1. The van der Waals surface area contributed by atoms with E-state index in [0.717, 1.165) is 23.1 Å². The van der Waals surface area contributed by atoms with Crippen LogP contribution in [-0.2, 0) is 16.0 Å². The van der Waals surface area contributed by atoms with Gasteiger partial charge in [0, 0.05) is 30.4 Å². The van der Waals surface area contributed by atoms with E-state index in [1.807, 2.05) is 17.0 Å². The quantitative estimate of drug-likeness (QED) is 0.839. The number of nitrogens with one attached hydrogen (secondary N) is 1. The number of halogens is 1. The largest absolute Gasteiger partial charge is 0.383 e. The predicted molar refractivity (Wildman–Crippen MR) is 74.9 cm³/mol. The maximum absolute atomic E-state index is 12.1. The Hall–Kier alpha value is -0.910. The lowest BCUT2D eigenvalue weighted by atomic mass is 10.2. The smallest absolute Gasteiger partial charge is 0.240 e. The van der Waals surface area contributed by atoms with E-state index in [-0.39, 0.29) is 5.91 Å². The number of hydrogen-bond acceptors (Lipinski definition) is 3. The van der Waals surface area contributed by atoms with Crippen LogP contribution in [0.1, 0.15) is 5.56 Å². The van der Waals surface area contributed by atoms with Gasteiger partial charge in [-0.1, -0.05) is 15.9 Å². The molecule has 0 radical (unpaired) electrons. The highest BCUT2D eigenvalue weighted by molar-refractivity contribution is 9.10. The third-order valence-electron chi connectivity index (χ3n) is 3.00. The Morgan fingerprint density at radius 1 is 1.56 bits per heavy atom. The summed E-state index contributed by atoms with van der Waals surface area (Å²) in [4.78, 5) is 13.9. The fourth-order valence-corrected chi connectivity index (χ4v) is 2.50. The van der Waals surface area contributed by atoms with Gasteiger partial charge in [0.15, 0.2) is 0 Å². The Kier molecular flexibility index (Phi) is 4.74. The first-order chi connectivity index (χ1) is 8.72. The molecule has 2 rings (SSSR count). The van der Waals surface area contributed by atoms with Crippen molar-refractivity contribution in [3.63, 3.8) is 0 Å². The Morgan fingerprint density at radius 2 is 2.39 bits per heavy atom. The van der Waals surface area contributed by atoms with Gasteiger partial charge in [-0.2, -0.15) is 0 Å². The number of carbonyl (C=O) groups excluding carboxylic acids is 1. The topological polar surface area (TPSA) is 41.6 Å². The van der Waals surface area contributed by atoms with E-state index in [1.54, 1.807) is 7.11 Å². The Labute approximate surface area is 115 Å². The first kappa shape index (κ1) is 13.5. The van der Waals surface area contributed by atoms with Crippen LogP contribution in [0.2, 0.25) is 0 Å². The van der Waals surface area contributed by atoms with E-state index >= 15 is 0 Å². The number of methoxy groups -OCH3 is 1. The molecule has 1 heterocycles. The molecule has 5 heteroatoms. The molecule has 0 saturated carbocycles. The molecular formula is C13H17BrN2O2. The first-order valence-corrected chi connectivity index (χ1v) is 6.80. The maximum atomic E-state index is 12.1. The van der Waals surface area contributed by atoms with Crippen molar-refractivity contribution in [1.29, 1.82) is 0 Å². The second kappa shape index (κ2) is 6.31. The van der Waals surface area contributed by atoms with Gasteiger partial charge in [0.1, 0.15) is 0 Å². The summed E-state index contributed by atoms with van der Waals surface area (Å²) in [5, 5.41) is 3.08. The summed E-state index contributed by atoms with van der Waals surface area (Å²) in [6.07, 6.45) is 0.929. The lowest BCUT2D eigenvalue weighted by molar-refractivity contribution is -0.117. The van der Waals surface area contributed by atoms with Gasteiger partial charge >= 0.3 is 0 Å². The van der Waals surface area contributed by atoms with Crippen molar-refractivity contribution in [3.05, 3.63) is 28.2 Å². The molecule has 1 aromatic carbocycles. The van der Waals surface area contributed by atoms with Crippen molar-refractivity contribution in [2.45, 2.75) is 6.42 Å². The molecule has 18 heavy (non-hydrogen) atoms. The molecule has 0 spiro atoms. The summed E-state index contributed by atoms with van der Waals surface area (Å²) in [7, 11) is 1.65. The highest BCUT2D eigenvalue weighted by atomic mass is 79.9. The number of fused-ring (bicyclic) bond motifs is 1. The molecule has 0 bridgehead atoms. The summed E-state index contributed by atoms with van der Waals surface area (Å²) in [5.74, 6) is 0.118. The third-order valence-corrected chi connectivity index (χ3v) is 3.49. The van der Waals surface area contributed by atoms with Crippen LogP contribution in [0, 0.1) is 0 Å². The highest BCUT2D eigenvalue weighted by Crippen LogP contribution is 2.30. The molecule has 1 aliphatic heterocycles. The minimum Gasteiger partial charge on any atom is -0.383 e. The standard InChI is InChI=1S/C13H17BrN2O2/c1-18-7-5-15-9-13(17)16-6-4-10-8-11(14)2-3-12(10)16/h2-3,8,15H,4-7,9H2,1H3. The highest BCUT2D eigenvalue weighted by Gasteiger charge is 2.23. The third kappa shape index (κ3) is 3.10. The zero-order chi connectivity index (χ0) is 13.0. The summed E-state index contributed by atoms with van der Waals surface area (Å²) in [5.41, 5.74) is 2.27. The predicted octanol–water partition coefficient (Wildman–Crippen LogP) is 1.57. The molecule has 0 fully saturated rings. The molecular weight excluding hydrogens is 296 g/mol. The molecule has 0 aromatic heterocycles. The monoisotopic (exact) mass is 312 g/mol. The van der Waals surface area contributed by atoms with E-state index in [0.29, 0.717) is 19.7 Å². The molecule has 98 valence electrons. The zero-order valence-electron chi connectivity index (χ0n) is 10.4. The molecule has 1 aromatic rings. The molecule has 4 nitrogen and oxygen atoms in total. The summed E-state index contributed by atoms with van der Waals surface area (Å²) < 4.78 is 5.99. The fourth-order valence-electron chi connectivity index (χ4n) is 2.09. The maximum Gasteiger partial charge on any atom is 0.240 e. The second-order valence-electron chi connectivity index (χ2n) is 4.24. The minimum atomic E-state index is 0.118. The van der Waals surface area contributed by atoms with Crippen LogP contribution >= 0.6 is 15.9 Å². The van der Waals surface area contributed by atoms with Crippen molar-refractivity contribution in [3.8, 4) is 0 Å². The van der Waals surface area contributed by atoms with Gasteiger partial charge in [-0.3, -0.25) is 4.79 Å². The van der Waals surface area contributed by atoms with E-state index < -0.39 is 0 Å². The van der Waals surface area contributed by atoms with Gasteiger partial charge < -0.3 is 15.0 Å². The SMILES string of the molecule is COCCNCC(=O)N1CCc2cc(Br)ccc21. The summed E-state index contributed by atoms with van der Waals surface area (Å²) in [6, 6.07) is 6.06. The van der Waals surface area contributed by atoms with Crippen LogP contribution < -0.4 is 10.2 Å². The molecule has 1 aliphatic rings. The van der Waals surface area contributed by atoms with Gasteiger partial charge in [-0.25, -0.2) is 0 Å². The fraction of sp³-hybridized carbons (Fsp3) is 0.462. The number of hydrogen-bond donors (Lipinski definition) is 1. The van der Waals surface area contributed by atoms with Crippen LogP contribution in [0.15, 0.2) is 22.7 Å². The minimum absolute atomic E-state index is 0.118. The normalized spacial score (nSPS) is 13.8. The van der Waals surface area contributed by atoms with Crippen LogP contribution in [-0.4, -0.2) is 39.3 Å². The van der Waals surface area contributed by atoms with Gasteiger partial charge in [-0.05, 0) is 30.2 Å². The lowest BCUT2D eigenvalue weighted by Gasteiger charge is -2.17. The number of carbonyl (C=O) groups is 1. The van der Waals surface area contributed by atoms with Gasteiger partial charge in [0.2, 0.25) is 5.91 Å². The molecule has 0 atom stereocenters. The van der Waals surface area contributed by atoms with Crippen molar-refractivity contribution >= 4 is 27.5 Å². The van der Waals surface area contributed by atoms with Crippen molar-refractivity contribution in [1.82, 2.24) is 5.32 Å². The number of rotatable bonds is 5. The van der Waals surface area contributed by atoms with E-state index in [9.17, 15) is 4.79 Å². The van der Waals surface area contributed by atoms with Gasteiger partial charge in [-0.15, -0.1) is 0 Å². The Balaban J connectivity index is 1.94. The van der Waals surface area contributed by atoms with Crippen molar-refractivity contribution < 1.29 is 9.53 Å². The number of anilines is 1. The number of amides is 1. The van der Waals surface area contributed by atoms with Crippen LogP contribution in [0.5, 0.6) is 0 Å².